The molecule has 1 aliphatic heterocycles. The number of carbonyl (C=O) groups excluding carboxylic acids is 1. The van der Waals surface area contributed by atoms with Gasteiger partial charge in [0.05, 0.1) is 12.6 Å². The molecule has 1 fully saturated rings. The third-order valence-electron chi connectivity index (χ3n) is 3.23. The van der Waals surface area contributed by atoms with Gasteiger partial charge in [-0.25, -0.2) is 0 Å². The molecule has 1 heterocycles. The summed E-state index contributed by atoms with van der Waals surface area (Å²) in [4.78, 5) is 11.8. The van der Waals surface area contributed by atoms with Crippen LogP contribution < -0.4 is 10.6 Å². The monoisotopic (exact) mass is 242 g/mol. The number of amides is 1. The molecule has 0 bridgehead atoms. The highest BCUT2D eigenvalue weighted by molar-refractivity contribution is 5.76. The van der Waals surface area contributed by atoms with Crippen LogP contribution in [-0.4, -0.2) is 38.3 Å². The van der Waals surface area contributed by atoms with Gasteiger partial charge in [0.25, 0.3) is 0 Å². The number of ether oxygens (including phenoxy) is 1. The van der Waals surface area contributed by atoms with Gasteiger partial charge in [0.15, 0.2) is 0 Å². The van der Waals surface area contributed by atoms with Crippen molar-refractivity contribution >= 4 is 5.91 Å². The van der Waals surface area contributed by atoms with Crippen molar-refractivity contribution in [1.29, 1.82) is 0 Å². The number of hydrogen-bond acceptors (Lipinski definition) is 3. The van der Waals surface area contributed by atoms with Gasteiger partial charge in [0, 0.05) is 19.6 Å². The molecule has 4 nitrogen and oxygen atoms in total. The van der Waals surface area contributed by atoms with Gasteiger partial charge in [-0.05, 0) is 25.8 Å². The van der Waals surface area contributed by atoms with E-state index >= 15 is 0 Å². The molecule has 1 saturated heterocycles. The van der Waals surface area contributed by atoms with Gasteiger partial charge in [-0.3, -0.25) is 4.79 Å². The summed E-state index contributed by atoms with van der Waals surface area (Å²) in [5.41, 5.74) is 0. The summed E-state index contributed by atoms with van der Waals surface area (Å²) in [5, 5.41) is 6.42. The van der Waals surface area contributed by atoms with Crippen molar-refractivity contribution < 1.29 is 9.53 Å². The Labute approximate surface area is 104 Å². The molecule has 0 aliphatic carbocycles. The molecule has 0 spiro atoms. The first-order valence-electron chi connectivity index (χ1n) is 6.78. The number of hydrogen-bond donors (Lipinski definition) is 2. The summed E-state index contributed by atoms with van der Waals surface area (Å²) < 4.78 is 5.14. The van der Waals surface area contributed by atoms with E-state index in [4.69, 9.17) is 4.74 Å². The Morgan fingerprint density at radius 1 is 1.59 bits per heavy atom. The van der Waals surface area contributed by atoms with E-state index in [9.17, 15) is 4.79 Å². The SMILES string of the molecule is CCCCC(COC)NC(=O)CC1CCCN1. The van der Waals surface area contributed by atoms with Gasteiger partial charge in [-0.15, -0.1) is 0 Å². The largest absolute Gasteiger partial charge is 0.383 e. The molecular weight excluding hydrogens is 216 g/mol. The second-order valence-corrected chi connectivity index (χ2v) is 4.86. The topological polar surface area (TPSA) is 50.4 Å². The zero-order valence-electron chi connectivity index (χ0n) is 11.1. The van der Waals surface area contributed by atoms with Crippen molar-refractivity contribution in [2.45, 2.75) is 57.5 Å². The van der Waals surface area contributed by atoms with Gasteiger partial charge in [0.1, 0.15) is 0 Å². The molecule has 1 amide bonds. The first kappa shape index (κ1) is 14.5. The second kappa shape index (κ2) is 8.48. The Kier molecular flexibility index (Phi) is 7.21. The third kappa shape index (κ3) is 6.03. The lowest BCUT2D eigenvalue weighted by Gasteiger charge is -2.19. The molecule has 100 valence electrons. The maximum Gasteiger partial charge on any atom is 0.221 e. The molecule has 2 atom stereocenters. The maximum atomic E-state index is 11.8. The van der Waals surface area contributed by atoms with Crippen LogP contribution in [0.2, 0.25) is 0 Å². The minimum absolute atomic E-state index is 0.155. The lowest BCUT2D eigenvalue weighted by Crippen LogP contribution is -2.40. The van der Waals surface area contributed by atoms with Crippen molar-refractivity contribution in [3.63, 3.8) is 0 Å². The second-order valence-electron chi connectivity index (χ2n) is 4.86. The van der Waals surface area contributed by atoms with E-state index in [1.807, 2.05) is 0 Å². The fourth-order valence-corrected chi connectivity index (χ4v) is 2.29. The van der Waals surface area contributed by atoms with Crippen LogP contribution in [0.5, 0.6) is 0 Å². The van der Waals surface area contributed by atoms with Crippen LogP contribution in [0.1, 0.15) is 45.4 Å². The van der Waals surface area contributed by atoms with Gasteiger partial charge < -0.3 is 15.4 Å². The third-order valence-corrected chi connectivity index (χ3v) is 3.23. The lowest BCUT2D eigenvalue weighted by atomic mass is 10.1. The Hall–Kier alpha value is -0.610. The Morgan fingerprint density at radius 3 is 3.00 bits per heavy atom. The van der Waals surface area contributed by atoms with Crippen molar-refractivity contribution in [2.24, 2.45) is 0 Å². The van der Waals surface area contributed by atoms with E-state index in [-0.39, 0.29) is 11.9 Å². The number of methoxy groups -OCH3 is 1. The van der Waals surface area contributed by atoms with E-state index in [0.29, 0.717) is 19.1 Å². The first-order valence-corrected chi connectivity index (χ1v) is 6.78. The van der Waals surface area contributed by atoms with Crippen LogP contribution in [0, 0.1) is 0 Å². The molecule has 1 rings (SSSR count). The molecule has 17 heavy (non-hydrogen) atoms. The summed E-state index contributed by atoms with van der Waals surface area (Å²) >= 11 is 0. The molecular formula is C13H26N2O2. The fraction of sp³-hybridized carbons (Fsp3) is 0.923. The minimum atomic E-state index is 0.155. The molecule has 2 N–H and O–H groups in total. The zero-order chi connectivity index (χ0) is 12.5. The van der Waals surface area contributed by atoms with Crippen LogP contribution >= 0.6 is 0 Å². The molecule has 1 aliphatic rings. The molecule has 2 unspecified atom stereocenters. The standard InChI is InChI=1S/C13H26N2O2/c1-3-4-6-12(10-17-2)15-13(16)9-11-7-5-8-14-11/h11-12,14H,3-10H2,1-2H3,(H,15,16). The molecule has 0 aromatic carbocycles. The summed E-state index contributed by atoms with van der Waals surface area (Å²) in [7, 11) is 1.68. The minimum Gasteiger partial charge on any atom is -0.383 e. The van der Waals surface area contributed by atoms with Gasteiger partial charge in [-0.2, -0.15) is 0 Å². The highest BCUT2D eigenvalue weighted by Gasteiger charge is 2.19. The normalized spacial score (nSPS) is 21.4. The Bertz CT molecular complexity index is 215. The summed E-state index contributed by atoms with van der Waals surface area (Å²) in [6.45, 7) is 3.83. The summed E-state index contributed by atoms with van der Waals surface area (Å²) in [6, 6.07) is 0.554. The number of unbranched alkanes of at least 4 members (excludes halogenated alkanes) is 1. The van der Waals surface area contributed by atoms with Crippen molar-refractivity contribution in [3.8, 4) is 0 Å². The van der Waals surface area contributed by atoms with Crippen molar-refractivity contribution in [3.05, 3.63) is 0 Å². The Balaban J connectivity index is 2.23. The van der Waals surface area contributed by atoms with Crippen molar-refractivity contribution in [2.75, 3.05) is 20.3 Å². The predicted octanol–water partition coefficient (Wildman–Crippen LogP) is 1.45. The van der Waals surface area contributed by atoms with Crippen LogP contribution in [0.15, 0.2) is 0 Å². The van der Waals surface area contributed by atoms with Crippen LogP contribution in [0.25, 0.3) is 0 Å². The predicted molar refractivity (Wildman–Crippen MR) is 69.0 cm³/mol. The molecule has 0 aromatic heterocycles. The molecule has 0 radical (unpaired) electrons. The van der Waals surface area contributed by atoms with E-state index < -0.39 is 0 Å². The first-order chi connectivity index (χ1) is 8.26. The molecule has 0 saturated carbocycles. The van der Waals surface area contributed by atoms with Gasteiger partial charge in [0.2, 0.25) is 5.91 Å². The summed E-state index contributed by atoms with van der Waals surface area (Å²) in [6.07, 6.45) is 6.21. The zero-order valence-corrected chi connectivity index (χ0v) is 11.1. The quantitative estimate of drug-likeness (QED) is 0.677. The highest BCUT2D eigenvalue weighted by Crippen LogP contribution is 2.09. The highest BCUT2D eigenvalue weighted by atomic mass is 16.5. The van der Waals surface area contributed by atoms with Crippen LogP contribution in [-0.2, 0) is 9.53 Å². The van der Waals surface area contributed by atoms with E-state index in [1.54, 1.807) is 7.11 Å². The van der Waals surface area contributed by atoms with Crippen LogP contribution in [0.3, 0.4) is 0 Å². The number of nitrogens with one attached hydrogen (secondary N) is 2. The average Bonchev–Trinajstić information content (AvgIpc) is 2.78. The van der Waals surface area contributed by atoms with E-state index in [1.165, 1.54) is 6.42 Å². The number of rotatable bonds is 8. The smallest absolute Gasteiger partial charge is 0.221 e. The number of carbonyl (C=O) groups is 1. The van der Waals surface area contributed by atoms with E-state index in [0.717, 1.165) is 32.2 Å². The molecule has 0 aromatic rings. The van der Waals surface area contributed by atoms with Gasteiger partial charge >= 0.3 is 0 Å². The Morgan fingerprint density at radius 2 is 2.41 bits per heavy atom. The lowest BCUT2D eigenvalue weighted by molar-refractivity contribution is -0.122. The fourth-order valence-electron chi connectivity index (χ4n) is 2.29. The van der Waals surface area contributed by atoms with Crippen LogP contribution in [0.4, 0.5) is 0 Å². The molecule has 4 heteroatoms. The average molecular weight is 242 g/mol. The van der Waals surface area contributed by atoms with Gasteiger partial charge in [-0.1, -0.05) is 19.8 Å². The van der Waals surface area contributed by atoms with Crippen molar-refractivity contribution in [1.82, 2.24) is 10.6 Å². The van der Waals surface area contributed by atoms with E-state index in [2.05, 4.69) is 17.6 Å². The maximum absolute atomic E-state index is 11.8. The summed E-state index contributed by atoms with van der Waals surface area (Å²) in [5.74, 6) is 0.155.